The number of benzene rings is 1. The number of hydrogen-bond acceptors (Lipinski definition) is 3. The molecule has 7 heteroatoms. The number of carboxylic acids is 1. The van der Waals surface area contributed by atoms with Crippen LogP contribution < -0.4 is 16.4 Å². The fourth-order valence-corrected chi connectivity index (χ4v) is 2.13. The van der Waals surface area contributed by atoms with Crippen molar-refractivity contribution in [3.63, 3.8) is 0 Å². The molecule has 114 valence electrons. The number of carbonyl (C=O) groups excluding carboxylic acids is 1. The number of nitrogens with one attached hydrogen (secondary N) is 2. The summed E-state index contributed by atoms with van der Waals surface area (Å²) in [7, 11) is 0. The monoisotopic (exact) mass is 309 g/mol. The number of rotatable bonds is 6. The fourth-order valence-electron chi connectivity index (χ4n) is 2.02. The summed E-state index contributed by atoms with van der Waals surface area (Å²) < 4.78 is 0. The highest BCUT2D eigenvalue weighted by molar-refractivity contribution is 7.80. The highest BCUT2D eigenvalue weighted by atomic mass is 32.1. The van der Waals surface area contributed by atoms with Crippen LogP contribution in [0.1, 0.15) is 42.6 Å². The molecule has 0 saturated carbocycles. The van der Waals surface area contributed by atoms with Crippen LogP contribution in [0.2, 0.25) is 0 Å². The Morgan fingerprint density at radius 3 is 2.43 bits per heavy atom. The van der Waals surface area contributed by atoms with E-state index in [4.69, 9.17) is 18.0 Å². The molecule has 1 amide bonds. The zero-order valence-corrected chi connectivity index (χ0v) is 12.8. The average molecular weight is 309 g/mol. The molecule has 21 heavy (non-hydrogen) atoms. The molecule has 0 fully saturated rings. The van der Waals surface area contributed by atoms with Gasteiger partial charge >= 0.3 is 5.97 Å². The number of carbonyl (C=O) groups is 2. The van der Waals surface area contributed by atoms with Gasteiger partial charge in [0.25, 0.3) is 0 Å². The molecule has 0 bridgehead atoms. The van der Waals surface area contributed by atoms with Crippen LogP contribution in [-0.2, 0) is 11.2 Å². The first-order chi connectivity index (χ1) is 9.90. The fraction of sp³-hybridized carbons (Fsp3) is 0.357. The first kappa shape index (κ1) is 16.9. The van der Waals surface area contributed by atoms with Crippen LogP contribution in [0.15, 0.2) is 12.1 Å². The van der Waals surface area contributed by atoms with Gasteiger partial charge < -0.3 is 21.5 Å². The van der Waals surface area contributed by atoms with Gasteiger partial charge in [-0.3, -0.25) is 4.79 Å². The summed E-state index contributed by atoms with van der Waals surface area (Å²) in [5, 5.41) is 14.8. The summed E-state index contributed by atoms with van der Waals surface area (Å²) in [6.07, 6.45) is 1.51. The highest BCUT2D eigenvalue weighted by Gasteiger charge is 2.18. The van der Waals surface area contributed by atoms with E-state index in [0.717, 1.165) is 0 Å². The number of amides is 1. The molecule has 0 spiro atoms. The van der Waals surface area contributed by atoms with Crippen LogP contribution in [0.3, 0.4) is 0 Å². The minimum Gasteiger partial charge on any atom is -0.478 e. The summed E-state index contributed by atoms with van der Waals surface area (Å²) >= 11 is 4.80. The van der Waals surface area contributed by atoms with Gasteiger partial charge in [0, 0.05) is 6.42 Å². The molecular formula is C14H19N3O3S. The Morgan fingerprint density at radius 2 is 1.95 bits per heavy atom. The zero-order valence-electron chi connectivity index (χ0n) is 12.0. The molecule has 0 aliphatic rings. The van der Waals surface area contributed by atoms with Gasteiger partial charge in [-0.15, -0.1) is 0 Å². The summed E-state index contributed by atoms with van der Waals surface area (Å²) in [4.78, 5) is 23.1. The third-order valence-electron chi connectivity index (χ3n) is 2.90. The summed E-state index contributed by atoms with van der Waals surface area (Å²) in [6.45, 7) is 3.71. The van der Waals surface area contributed by atoms with E-state index in [1.54, 1.807) is 6.07 Å². The van der Waals surface area contributed by atoms with Gasteiger partial charge in [-0.1, -0.05) is 13.8 Å². The zero-order chi connectivity index (χ0) is 16.0. The molecule has 0 heterocycles. The number of nitrogens with two attached hydrogens (primary N) is 1. The van der Waals surface area contributed by atoms with Crippen LogP contribution in [0.5, 0.6) is 0 Å². The highest BCUT2D eigenvalue weighted by Crippen LogP contribution is 2.30. The van der Waals surface area contributed by atoms with E-state index >= 15 is 0 Å². The molecule has 1 aromatic rings. The number of anilines is 2. The lowest BCUT2D eigenvalue weighted by atomic mass is 10.0. The SMILES string of the molecule is CCCC(=O)Nc1c(NC(N)=S)ccc(C(=O)O)c1CC. The molecule has 0 radical (unpaired) electrons. The maximum absolute atomic E-state index is 11.8. The molecule has 1 rings (SSSR count). The van der Waals surface area contributed by atoms with E-state index in [-0.39, 0.29) is 16.6 Å². The summed E-state index contributed by atoms with van der Waals surface area (Å²) in [5.41, 5.74) is 7.06. The Hall–Kier alpha value is -2.15. The molecule has 1 aromatic carbocycles. The van der Waals surface area contributed by atoms with Crippen molar-refractivity contribution in [3.8, 4) is 0 Å². The maximum Gasteiger partial charge on any atom is 0.336 e. The van der Waals surface area contributed by atoms with Crippen molar-refractivity contribution < 1.29 is 14.7 Å². The van der Waals surface area contributed by atoms with Gasteiger partial charge in [0.2, 0.25) is 5.91 Å². The molecule has 0 aromatic heterocycles. The lowest BCUT2D eigenvalue weighted by Gasteiger charge is -2.17. The quantitative estimate of drug-likeness (QED) is 0.601. The summed E-state index contributed by atoms with van der Waals surface area (Å²) in [5.74, 6) is -1.22. The lowest BCUT2D eigenvalue weighted by Crippen LogP contribution is -2.22. The first-order valence-electron chi connectivity index (χ1n) is 6.66. The molecule has 6 nitrogen and oxygen atoms in total. The van der Waals surface area contributed by atoms with Crippen molar-refractivity contribution >= 4 is 40.6 Å². The van der Waals surface area contributed by atoms with Crippen molar-refractivity contribution in [3.05, 3.63) is 23.3 Å². The number of carboxylic acid groups (broad SMARTS) is 1. The Morgan fingerprint density at radius 1 is 1.29 bits per heavy atom. The number of thiocarbonyl (C=S) groups is 1. The van der Waals surface area contributed by atoms with Gasteiger partial charge in [-0.2, -0.15) is 0 Å². The Bertz CT molecular complexity index is 573. The van der Waals surface area contributed by atoms with Crippen LogP contribution in [0.25, 0.3) is 0 Å². The largest absolute Gasteiger partial charge is 0.478 e. The van der Waals surface area contributed by atoms with Gasteiger partial charge in [-0.05, 0) is 42.8 Å². The smallest absolute Gasteiger partial charge is 0.336 e. The maximum atomic E-state index is 11.8. The van der Waals surface area contributed by atoms with Crippen molar-refractivity contribution in [2.45, 2.75) is 33.1 Å². The normalized spacial score (nSPS) is 10.0. The topological polar surface area (TPSA) is 104 Å². The van der Waals surface area contributed by atoms with Crippen LogP contribution in [-0.4, -0.2) is 22.1 Å². The molecule has 5 N–H and O–H groups in total. The molecule has 0 saturated heterocycles. The Kier molecular flexibility index (Phi) is 6.10. The van der Waals surface area contributed by atoms with E-state index in [1.165, 1.54) is 6.07 Å². The van der Waals surface area contributed by atoms with Gasteiger partial charge in [0.1, 0.15) is 0 Å². The second-order valence-corrected chi connectivity index (χ2v) is 4.90. The van der Waals surface area contributed by atoms with Gasteiger partial charge in [0.05, 0.1) is 16.9 Å². The number of hydrogen-bond donors (Lipinski definition) is 4. The second kappa shape index (κ2) is 7.58. The van der Waals surface area contributed by atoms with E-state index in [2.05, 4.69) is 10.6 Å². The molecule has 0 unspecified atom stereocenters. The molecule has 0 aliphatic heterocycles. The van der Waals surface area contributed by atoms with Crippen LogP contribution >= 0.6 is 12.2 Å². The predicted octanol–water partition coefficient (Wildman–Crippen LogP) is 2.34. The standard InChI is InChI=1S/C14H19N3O3S/c1-3-5-11(18)17-12-8(4-2)9(13(19)20)6-7-10(12)16-14(15)21/h6-7H,3-5H2,1-2H3,(H,17,18)(H,19,20)(H3,15,16,21). The predicted molar refractivity (Wildman–Crippen MR) is 86.7 cm³/mol. The molecule has 0 aliphatic carbocycles. The Balaban J connectivity index is 3.35. The van der Waals surface area contributed by atoms with Crippen molar-refractivity contribution in [1.29, 1.82) is 0 Å². The summed E-state index contributed by atoms with van der Waals surface area (Å²) in [6, 6.07) is 3.01. The van der Waals surface area contributed by atoms with Crippen molar-refractivity contribution in [2.24, 2.45) is 5.73 Å². The average Bonchev–Trinajstić information content (AvgIpc) is 2.39. The second-order valence-electron chi connectivity index (χ2n) is 4.46. The van der Waals surface area contributed by atoms with Gasteiger partial charge in [-0.25, -0.2) is 4.79 Å². The third kappa shape index (κ3) is 4.42. The number of aromatic carboxylic acids is 1. The van der Waals surface area contributed by atoms with Crippen molar-refractivity contribution in [2.75, 3.05) is 10.6 Å². The van der Waals surface area contributed by atoms with E-state index in [0.29, 0.717) is 36.2 Å². The van der Waals surface area contributed by atoms with Crippen molar-refractivity contribution in [1.82, 2.24) is 0 Å². The van der Waals surface area contributed by atoms with E-state index in [9.17, 15) is 14.7 Å². The van der Waals surface area contributed by atoms with E-state index < -0.39 is 5.97 Å². The Labute approximate surface area is 128 Å². The minimum absolute atomic E-state index is 0.0473. The molecule has 0 atom stereocenters. The van der Waals surface area contributed by atoms with Gasteiger partial charge in [0.15, 0.2) is 5.11 Å². The van der Waals surface area contributed by atoms with E-state index in [1.807, 2.05) is 13.8 Å². The lowest BCUT2D eigenvalue weighted by molar-refractivity contribution is -0.116. The third-order valence-corrected chi connectivity index (χ3v) is 3.00. The first-order valence-corrected chi connectivity index (χ1v) is 7.06. The minimum atomic E-state index is -1.04. The van der Waals surface area contributed by atoms with Crippen LogP contribution in [0, 0.1) is 0 Å². The van der Waals surface area contributed by atoms with Crippen LogP contribution in [0.4, 0.5) is 11.4 Å². The molecular weight excluding hydrogens is 290 g/mol.